The second kappa shape index (κ2) is 7.50. The molecule has 1 heterocycles. The number of hydrogen-bond acceptors (Lipinski definition) is 3. The molecule has 1 fully saturated rings. The Balaban J connectivity index is 1.67. The third kappa shape index (κ3) is 3.72. The topological polar surface area (TPSA) is 30.5 Å². The van der Waals surface area contributed by atoms with Gasteiger partial charge in [-0.1, -0.05) is 18.2 Å². The van der Waals surface area contributed by atoms with Gasteiger partial charge in [0.15, 0.2) is 0 Å². The summed E-state index contributed by atoms with van der Waals surface area (Å²) in [6.07, 6.45) is 9.85. The van der Waals surface area contributed by atoms with Gasteiger partial charge in [0.05, 0.1) is 13.7 Å². The molecular weight excluding hydrogens is 274 g/mol. The van der Waals surface area contributed by atoms with Gasteiger partial charge in [0, 0.05) is 12.5 Å². The zero-order chi connectivity index (χ0) is 15.2. The average molecular weight is 299 g/mol. The Kier molecular flexibility index (Phi) is 5.17. The van der Waals surface area contributed by atoms with Crippen LogP contribution in [0.3, 0.4) is 0 Å². The van der Waals surface area contributed by atoms with Crippen LogP contribution in [0.25, 0.3) is 0 Å². The standard InChI is InChI=1S/C19H25NO2/c1-21-18-9-5-6-15(12-18)19-10-11-20-13-16(19)14-22-17-7-3-2-4-8-17/h3,5-9,12,16,19-20H,2,4,10-11,13-14H2,1H3/t16-,19-/m1/s1. The Morgan fingerprint density at radius 3 is 3.05 bits per heavy atom. The van der Waals surface area contributed by atoms with Gasteiger partial charge in [-0.3, -0.25) is 0 Å². The summed E-state index contributed by atoms with van der Waals surface area (Å²) in [6.45, 7) is 2.85. The van der Waals surface area contributed by atoms with E-state index in [0.29, 0.717) is 11.8 Å². The van der Waals surface area contributed by atoms with Gasteiger partial charge < -0.3 is 14.8 Å². The number of methoxy groups -OCH3 is 1. The molecule has 0 aromatic heterocycles. The minimum absolute atomic E-state index is 0.497. The Morgan fingerprint density at radius 2 is 2.23 bits per heavy atom. The molecule has 0 spiro atoms. The molecule has 1 N–H and O–H groups in total. The number of nitrogens with one attached hydrogen (secondary N) is 1. The van der Waals surface area contributed by atoms with E-state index in [-0.39, 0.29) is 0 Å². The molecule has 3 heteroatoms. The summed E-state index contributed by atoms with van der Waals surface area (Å²) in [5, 5.41) is 3.50. The van der Waals surface area contributed by atoms with Crippen LogP contribution in [0.2, 0.25) is 0 Å². The molecule has 118 valence electrons. The molecule has 2 aliphatic rings. The summed E-state index contributed by atoms with van der Waals surface area (Å²) >= 11 is 0. The minimum atomic E-state index is 0.497. The van der Waals surface area contributed by atoms with Gasteiger partial charge in [-0.15, -0.1) is 0 Å². The minimum Gasteiger partial charge on any atom is -0.497 e. The first-order chi connectivity index (χ1) is 10.9. The lowest BCUT2D eigenvalue weighted by Crippen LogP contribution is -2.37. The first-order valence-corrected chi connectivity index (χ1v) is 8.21. The van der Waals surface area contributed by atoms with Crippen molar-refractivity contribution in [3.05, 3.63) is 53.8 Å². The number of allylic oxidation sites excluding steroid dienone is 3. The molecule has 22 heavy (non-hydrogen) atoms. The largest absolute Gasteiger partial charge is 0.497 e. The molecule has 1 aliphatic carbocycles. The monoisotopic (exact) mass is 299 g/mol. The van der Waals surface area contributed by atoms with E-state index in [1.165, 1.54) is 5.56 Å². The molecule has 0 bridgehead atoms. The molecule has 0 unspecified atom stereocenters. The van der Waals surface area contributed by atoms with Crippen molar-refractivity contribution in [1.29, 1.82) is 0 Å². The van der Waals surface area contributed by atoms with E-state index in [0.717, 1.165) is 50.5 Å². The fraction of sp³-hybridized carbons (Fsp3) is 0.474. The Bertz CT molecular complexity index is 550. The summed E-state index contributed by atoms with van der Waals surface area (Å²) in [7, 11) is 1.73. The molecular formula is C19H25NO2. The van der Waals surface area contributed by atoms with Gasteiger partial charge in [0.1, 0.15) is 11.5 Å². The molecule has 3 nitrogen and oxygen atoms in total. The van der Waals surface area contributed by atoms with Crippen molar-refractivity contribution >= 4 is 0 Å². The first kappa shape index (κ1) is 15.2. The fourth-order valence-electron chi connectivity index (χ4n) is 3.31. The number of benzene rings is 1. The van der Waals surface area contributed by atoms with E-state index in [9.17, 15) is 0 Å². The van der Waals surface area contributed by atoms with Gasteiger partial charge in [-0.2, -0.15) is 0 Å². The third-order valence-electron chi connectivity index (χ3n) is 4.55. The van der Waals surface area contributed by atoms with Crippen LogP contribution in [0.4, 0.5) is 0 Å². The Morgan fingerprint density at radius 1 is 1.27 bits per heavy atom. The molecule has 0 amide bonds. The van der Waals surface area contributed by atoms with Crippen LogP contribution in [-0.2, 0) is 4.74 Å². The zero-order valence-corrected chi connectivity index (χ0v) is 13.3. The lowest BCUT2D eigenvalue weighted by atomic mass is 9.81. The fourth-order valence-corrected chi connectivity index (χ4v) is 3.31. The van der Waals surface area contributed by atoms with Crippen LogP contribution in [0.15, 0.2) is 48.3 Å². The maximum absolute atomic E-state index is 6.03. The van der Waals surface area contributed by atoms with E-state index in [1.807, 2.05) is 6.07 Å². The Labute approximate surface area is 133 Å². The van der Waals surface area contributed by atoms with Gasteiger partial charge >= 0.3 is 0 Å². The summed E-state index contributed by atoms with van der Waals surface area (Å²) < 4.78 is 11.4. The SMILES string of the molecule is COc1cccc([C@H]2CCNC[C@@H]2COC2=CCCC=C2)c1. The van der Waals surface area contributed by atoms with Crippen LogP contribution < -0.4 is 10.1 Å². The quantitative estimate of drug-likeness (QED) is 0.900. The molecule has 1 aromatic rings. The van der Waals surface area contributed by atoms with Crippen molar-refractivity contribution in [2.45, 2.75) is 25.2 Å². The van der Waals surface area contributed by atoms with E-state index in [1.54, 1.807) is 7.11 Å². The predicted molar refractivity (Wildman–Crippen MR) is 89.1 cm³/mol. The van der Waals surface area contributed by atoms with Crippen molar-refractivity contribution in [2.75, 3.05) is 26.8 Å². The van der Waals surface area contributed by atoms with Crippen molar-refractivity contribution in [2.24, 2.45) is 5.92 Å². The number of ether oxygens (including phenoxy) is 2. The van der Waals surface area contributed by atoms with E-state index >= 15 is 0 Å². The van der Waals surface area contributed by atoms with Crippen LogP contribution >= 0.6 is 0 Å². The second-order valence-electron chi connectivity index (χ2n) is 6.03. The maximum Gasteiger partial charge on any atom is 0.119 e. The van der Waals surface area contributed by atoms with Crippen LogP contribution in [0.1, 0.15) is 30.7 Å². The lowest BCUT2D eigenvalue weighted by molar-refractivity contribution is 0.141. The van der Waals surface area contributed by atoms with Crippen molar-refractivity contribution in [1.82, 2.24) is 5.32 Å². The number of piperidine rings is 1. The van der Waals surface area contributed by atoms with E-state index in [2.05, 4.69) is 41.7 Å². The zero-order valence-electron chi connectivity index (χ0n) is 13.3. The number of hydrogen-bond donors (Lipinski definition) is 1. The summed E-state index contributed by atoms with van der Waals surface area (Å²) in [4.78, 5) is 0. The molecule has 1 saturated heterocycles. The highest BCUT2D eigenvalue weighted by molar-refractivity contribution is 5.31. The maximum atomic E-state index is 6.03. The van der Waals surface area contributed by atoms with Crippen molar-refractivity contribution in [3.63, 3.8) is 0 Å². The van der Waals surface area contributed by atoms with Gasteiger partial charge in [0.2, 0.25) is 0 Å². The third-order valence-corrected chi connectivity index (χ3v) is 4.55. The van der Waals surface area contributed by atoms with Crippen LogP contribution in [-0.4, -0.2) is 26.8 Å². The average Bonchev–Trinajstić information content (AvgIpc) is 2.61. The Hall–Kier alpha value is -1.74. The highest BCUT2D eigenvalue weighted by atomic mass is 16.5. The molecule has 2 atom stereocenters. The van der Waals surface area contributed by atoms with Crippen molar-refractivity contribution in [3.8, 4) is 5.75 Å². The molecule has 1 aromatic carbocycles. The highest BCUT2D eigenvalue weighted by Crippen LogP contribution is 2.32. The second-order valence-corrected chi connectivity index (χ2v) is 6.03. The molecule has 0 radical (unpaired) electrons. The molecule has 1 aliphatic heterocycles. The van der Waals surface area contributed by atoms with Crippen LogP contribution in [0, 0.1) is 5.92 Å². The van der Waals surface area contributed by atoms with Gasteiger partial charge in [0.25, 0.3) is 0 Å². The lowest BCUT2D eigenvalue weighted by Gasteiger charge is -2.32. The first-order valence-electron chi connectivity index (χ1n) is 8.21. The predicted octanol–water partition coefficient (Wildman–Crippen LogP) is 3.64. The smallest absolute Gasteiger partial charge is 0.119 e. The van der Waals surface area contributed by atoms with E-state index in [4.69, 9.17) is 9.47 Å². The molecule has 0 saturated carbocycles. The highest BCUT2D eigenvalue weighted by Gasteiger charge is 2.27. The number of rotatable bonds is 5. The summed E-state index contributed by atoms with van der Waals surface area (Å²) in [5.74, 6) is 3.00. The van der Waals surface area contributed by atoms with Gasteiger partial charge in [-0.25, -0.2) is 0 Å². The summed E-state index contributed by atoms with van der Waals surface area (Å²) in [5.41, 5.74) is 1.36. The molecule has 3 rings (SSSR count). The summed E-state index contributed by atoms with van der Waals surface area (Å²) in [6, 6.07) is 8.47. The van der Waals surface area contributed by atoms with Crippen LogP contribution in [0.5, 0.6) is 5.75 Å². The van der Waals surface area contributed by atoms with Crippen molar-refractivity contribution < 1.29 is 9.47 Å². The normalized spacial score (nSPS) is 24.7. The van der Waals surface area contributed by atoms with Gasteiger partial charge in [-0.05, 0) is 61.6 Å². The van der Waals surface area contributed by atoms with E-state index < -0.39 is 0 Å².